The average molecular weight is 349 g/mol. The van der Waals surface area contributed by atoms with Gasteiger partial charge in [-0.3, -0.25) is 5.04 Å². The number of alkyl halides is 2. The van der Waals surface area contributed by atoms with Crippen LogP contribution in [0.25, 0.3) is 0 Å². The Labute approximate surface area is 137 Å². The van der Waals surface area contributed by atoms with E-state index in [1.165, 1.54) is 25.7 Å². The SMILES string of the molecule is O=C(OCC1CC2CC1C1C3CCC(C3)C21)C(F)(F)SOO[O-]. The van der Waals surface area contributed by atoms with Crippen LogP contribution in [0.3, 0.4) is 0 Å². The summed E-state index contributed by atoms with van der Waals surface area (Å²) < 4.78 is 35.1. The second-order valence-corrected chi connectivity index (χ2v) is 8.29. The molecular formula is C15H19F2O5S-. The summed E-state index contributed by atoms with van der Waals surface area (Å²) in [6, 6.07) is 0. The average Bonchev–Trinajstić information content (AvgIpc) is 3.28. The van der Waals surface area contributed by atoms with Gasteiger partial charge in [-0.2, -0.15) is 13.1 Å². The van der Waals surface area contributed by atoms with Gasteiger partial charge in [0.2, 0.25) is 0 Å². The standard InChI is InChI=1S/C15H20F2O5S/c16-15(17,23-22-21-19)14(18)20-6-10-4-9-5-11(10)13-8-2-1-7(3-8)12(9)13/h7-13,19H,1-6H2/p-1. The fraction of sp³-hybridized carbons (Fsp3) is 0.933. The quantitative estimate of drug-likeness (QED) is 0.241. The maximum atomic E-state index is 13.3. The van der Waals surface area contributed by atoms with E-state index >= 15 is 0 Å². The Morgan fingerprint density at radius 3 is 2.61 bits per heavy atom. The summed E-state index contributed by atoms with van der Waals surface area (Å²) in [4.78, 5) is 11.5. The maximum absolute atomic E-state index is 13.3. The number of rotatable bonds is 6. The molecule has 0 amide bonds. The van der Waals surface area contributed by atoms with E-state index < -0.39 is 23.3 Å². The number of ether oxygens (including phenoxy) is 1. The van der Waals surface area contributed by atoms with E-state index in [1.54, 1.807) is 0 Å². The highest BCUT2D eigenvalue weighted by molar-refractivity contribution is 7.96. The predicted molar refractivity (Wildman–Crippen MR) is 73.2 cm³/mol. The summed E-state index contributed by atoms with van der Waals surface area (Å²) in [5.74, 6) is 2.99. The molecule has 130 valence electrons. The fourth-order valence-corrected chi connectivity index (χ4v) is 6.49. The van der Waals surface area contributed by atoms with Crippen LogP contribution in [-0.2, 0) is 18.9 Å². The van der Waals surface area contributed by atoms with Crippen molar-refractivity contribution < 1.29 is 32.9 Å². The minimum Gasteiger partial charge on any atom is -0.691 e. The number of carbonyl (C=O) groups is 1. The van der Waals surface area contributed by atoms with Gasteiger partial charge in [-0.1, -0.05) is 0 Å². The smallest absolute Gasteiger partial charge is 0.415 e. The molecule has 4 saturated carbocycles. The molecule has 0 N–H and O–H groups in total. The Bertz CT molecular complexity index is 490. The Morgan fingerprint density at radius 2 is 1.87 bits per heavy atom. The highest BCUT2D eigenvalue weighted by Gasteiger charge is 2.62. The number of halogens is 2. The first kappa shape index (κ1) is 16.1. The molecule has 4 aliphatic carbocycles. The van der Waals surface area contributed by atoms with Gasteiger partial charge in [-0.25, -0.2) is 4.79 Å². The minimum atomic E-state index is -3.93. The highest BCUT2D eigenvalue weighted by atomic mass is 32.2. The van der Waals surface area contributed by atoms with Crippen molar-refractivity contribution in [1.82, 2.24) is 0 Å². The third kappa shape index (κ3) is 2.58. The zero-order valence-corrected chi connectivity index (χ0v) is 13.3. The number of esters is 1. The van der Waals surface area contributed by atoms with Crippen molar-refractivity contribution in [3.05, 3.63) is 0 Å². The molecule has 0 spiro atoms. The van der Waals surface area contributed by atoms with Gasteiger partial charge < -0.3 is 9.99 Å². The lowest BCUT2D eigenvalue weighted by atomic mass is 9.68. The molecule has 4 rings (SSSR count). The molecule has 7 atom stereocenters. The Morgan fingerprint density at radius 1 is 1.13 bits per heavy atom. The topological polar surface area (TPSA) is 67.8 Å². The first-order valence-electron chi connectivity index (χ1n) is 8.20. The molecule has 0 saturated heterocycles. The highest BCUT2D eigenvalue weighted by Crippen LogP contribution is 2.68. The van der Waals surface area contributed by atoms with Gasteiger partial charge in [0.1, 0.15) is 12.0 Å². The summed E-state index contributed by atoms with van der Waals surface area (Å²) in [5.41, 5.74) is 0. The zero-order valence-electron chi connectivity index (χ0n) is 12.5. The molecule has 4 aliphatic rings. The van der Waals surface area contributed by atoms with Gasteiger partial charge in [-0.15, -0.1) is 0 Å². The largest absolute Gasteiger partial charge is 0.691 e. The molecule has 0 radical (unpaired) electrons. The Hall–Kier alpha value is -0.440. The maximum Gasteiger partial charge on any atom is 0.415 e. The Balaban J connectivity index is 1.32. The lowest BCUT2D eigenvalue weighted by Gasteiger charge is -2.38. The van der Waals surface area contributed by atoms with Crippen molar-refractivity contribution >= 4 is 18.0 Å². The minimum absolute atomic E-state index is 0.0367. The normalized spacial score (nSPS) is 43.9. The molecule has 4 bridgehead atoms. The van der Waals surface area contributed by atoms with E-state index in [9.17, 15) is 18.8 Å². The van der Waals surface area contributed by atoms with Crippen LogP contribution in [0, 0.1) is 41.4 Å². The van der Waals surface area contributed by atoms with Crippen LogP contribution in [0.2, 0.25) is 0 Å². The summed E-state index contributed by atoms with van der Waals surface area (Å²) in [6.45, 7) is 0.0367. The van der Waals surface area contributed by atoms with E-state index in [-0.39, 0.29) is 12.5 Å². The van der Waals surface area contributed by atoms with Crippen molar-refractivity contribution in [2.45, 2.75) is 37.4 Å². The van der Waals surface area contributed by atoms with Gasteiger partial charge in [0.25, 0.3) is 0 Å². The first-order valence-corrected chi connectivity index (χ1v) is 8.94. The van der Waals surface area contributed by atoms with E-state index in [4.69, 9.17) is 4.74 Å². The number of fused-ring (bicyclic) bond motifs is 9. The van der Waals surface area contributed by atoms with E-state index in [0.717, 1.165) is 30.1 Å². The predicted octanol–water partition coefficient (Wildman–Crippen LogP) is 2.31. The molecule has 7 unspecified atom stereocenters. The van der Waals surface area contributed by atoms with Gasteiger partial charge >= 0.3 is 11.2 Å². The molecule has 5 nitrogen and oxygen atoms in total. The Kier molecular flexibility index (Phi) is 4.06. The summed E-state index contributed by atoms with van der Waals surface area (Å²) in [5, 5.41) is 8.51. The van der Waals surface area contributed by atoms with Gasteiger partial charge in [0, 0.05) is 0 Å². The van der Waals surface area contributed by atoms with Gasteiger partial charge in [0.05, 0.1) is 6.61 Å². The van der Waals surface area contributed by atoms with Crippen molar-refractivity contribution in [3.8, 4) is 0 Å². The molecular weight excluding hydrogens is 330 g/mol. The summed E-state index contributed by atoms with van der Waals surface area (Å²) in [7, 11) is 0. The van der Waals surface area contributed by atoms with Crippen LogP contribution in [0.5, 0.6) is 0 Å². The zero-order chi connectivity index (χ0) is 16.2. The fourth-order valence-electron chi connectivity index (χ4n) is 6.25. The number of hydrogen-bond donors (Lipinski definition) is 0. The molecule has 0 aromatic heterocycles. The molecule has 0 heterocycles. The second-order valence-electron chi connectivity index (χ2n) is 7.48. The van der Waals surface area contributed by atoms with Crippen molar-refractivity contribution in [2.75, 3.05) is 6.61 Å². The van der Waals surface area contributed by atoms with Gasteiger partial charge in [0.15, 0.2) is 0 Å². The summed E-state index contributed by atoms with van der Waals surface area (Å²) >= 11 is -0.633. The van der Waals surface area contributed by atoms with E-state index in [1.807, 2.05) is 0 Å². The number of hydrogen-bond acceptors (Lipinski definition) is 6. The lowest BCUT2D eigenvalue weighted by molar-refractivity contribution is -0.777. The van der Waals surface area contributed by atoms with Crippen LogP contribution in [-0.4, -0.2) is 17.8 Å². The lowest BCUT2D eigenvalue weighted by Crippen LogP contribution is -2.36. The van der Waals surface area contributed by atoms with Gasteiger partial charge in [-0.05, 0) is 73.5 Å². The summed E-state index contributed by atoms with van der Waals surface area (Å²) in [6.07, 6.45) is 6.17. The third-order valence-electron chi connectivity index (χ3n) is 6.70. The van der Waals surface area contributed by atoms with Crippen LogP contribution >= 0.6 is 12.0 Å². The van der Waals surface area contributed by atoms with Crippen molar-refractivity contribution in [2.24, 2.45) is 41.4 Å². The van der Waals surface area contributed by atoms with Crippen molar-refractivity contribution in [1.29, 1.82) is 0 Å². The molecule has 0 aliphatic heterocycles. The van der Waals surface area contributed by atoms with Crippen LogP contribution in [0.15, 0.2) is 0 Å². The van der Waals surface area contributed by atoms with Crippen LogP contribution in [0.4, 0.5) is 8.78 Å². The van der Waals surface area contributed by atoms with Crippen molar-refractivity contribution in [3.63, 3.8) is 0 Å². The third-order valence-corrected chi connectivity index (χ3v) is 7.20. The molecule has 23 heavy (non-hydrogen) atoms. The molecule has 8 heteroatoms. The van der Waals surface area contributed by atoms with Crippen LogP contribution < -0.4 is 5.26 Å². The molecule has 4 fully saturated rings. The number of carbonyl (C=O) groups excluding carboxylic acids is 1. The molecule has 0 aromatic carbocycles. The monoisotopic (exact) mass is 349 g/mol. The second kappa shape index (κ2) is 5.82. The van der Waals surface area contributed by atoms with E-state index in [0.29, 0.717) is 11.8 Å². The molecule has 0 aromatic rings. The first-order chi connectivity index (χ1) is 11.0. The van der Waals surface area contributed by atoms with E-state index in [2.05, 4.69) is 9.37 Å². The van der Waals surface area contributed by atoms with Crippen LogP contribution in [0.1, 0.15) is 32.1 Å².